The fourth-order valence-electron chi connectivity index (χ4n) is 0.915. The summed E-state index contributed by atoms with van der Waals surface area (Å²) in [5.41, 5.74) is 1.93. The number of carbonyl (C=O) groups excluding carboxylic acids is 1. The Bertz CT molecular complexity index is 201. The first-order valence-electron chi connectivity index (χ1n) is 2.94. The van der Waals surface area contributed by atoms with E-state index in [1.807, 2.05) is 19.9 Å². The summed E-state index contributed by atoms with van der Waals surface area (Å²) in [6.45, 7) is 3.77. The Hall–Kier alpha value is -0.920. The fourth-order valence-corrected chi connectivity index (χ4v) is 0.915. The maximum atomic E-state index is 10.7. The van der Waals surface area contributed by atoms with Gasteiger partial charge in [0.05, 0.1) is 6.42 Å². The van der Waals surface area contributed by atoms with Crippen LogP contribution in [0.15, 0.2) is 16.6 Å². The van der Waals surface area contributed by atoms with Crippen LogP contribution in [0.25, 0.3) is 0 Å². The van der Waals surface area contributed by atoms with Crippen LogP contribution in [-0.4, -0.2) is 11.6 Å². The Kier molecular flexibility index (Phi) is 1.47. The van der Waals surface area contributed by atoms with Gasteiger partial charge in [-0.15, -0.1) is 0 Å². The fraction of sp³-hybridized carbons (Fsp3) is 0.429. The topological polar surface area (TPSA) is 29.4 Å². The summed E-state index contributed by atoms with van der Waals surface area (Å²) in [4.78, 5) is 14.4. The lowest BCUT2D eigenvalue weighted by Gasteiger charge is -2.03. The highest BCUT2D eigenvalue weighted by atomic mass is 16.1. The molecule has 1 amide bonds. The number of carbonyl (C=O) groups is 1. The van der Waals surface area contributed by atoms with E-state index in [0.717, 1.165) is 11.3 Å². The third kappa shape index (κ3) is 1.49. The molecule has 0 spiro atoms. The van der Waals surface area contributed by atoms with Crippen molar-refractivity contribution in [2.45, 2.75) is 20.3 Å². The minimum Gasteiger partial charge on any atom is -0.272 e. The number of rotatable bonds is 0. The number of hydrogen-bond donors (Lipinski definition) is 0. The molecule has 1 aliphatic rings. The normalized spacial score (nSPS) is 19.1. The molecule has 0 saturated heterocycles. The van der Waals surface area contributed by atoms with E-state index in [9.17, 15) is 4.79 Å². The Morgan fingerprint density at radius 2 is 2.22 bits per heavy atom. The third-order valence-electron chi connectivity index (χ3n) is 1.19. The second-order valence-electron chi connectivity index (χ2n) is 2.31. The van der Waals surface area contributed by atoms with Gasteiger partial charge in [-0.3, -0.25) is 4.79 Å². The molecule has 0 N–H and O–H groups in total. The first kappa shape index (κ1) is 6.20. The van der Waals surface area contributed by atoms with Gasteiger partial charge >= 0.3 is 0 Å². The molecule has 0 fully saturated rings. The predicted molar refractivity (Wildman–Crippen MR) is 36.5 cm³/mol. The predicted octanol–water partition coefficient (Wildman–Crippen LogP) is 1.32. The molecule has 1 rings (SSSR count). The van der Waals surface area contributed by atoms with Crippen LogP contribution in [0, 0.1) is 0 Å². The molecule has 0 unspecified atom stereocenters. The lowest BCUT2D eigenvalue weighted by molar-refractivity contribution is -0.117. The smallest absolute Gasteiger partial charge is 0.249 e. The number of dihydropyridines is 1. The SMILES string of the molecule is CC1=CC(C)=NC(=O)C1. The van der Waals surface area contributed by atoms with Crippen molar-refractivity contribution in [3.8, 4) is 0 Å². The lowest BCUT2D eigenvalue weighted by atomic mass is 10.1. The Balaban J connectivity index is 2.86. The van der Waals surface area contributed by atoms with Crippen LogP contribution >= 0.6 is 0 Å². The summed E-state index contributed by atoms with van der Waals surface area (Å²) in [5.74, 6) is -0.0208. The van der Waals surface area contributed by atoms with E-state index >= 15 is 0 Å². The molecule has 1 aliphatic heterocycles. The van der Waals surface area contributed by atoms with Crippen molar-refractivity contribution in [1.29, 1.82) is 0 Å². The van der Waals surface area contributed by atoms with Gasteiger partial charge in [-0.05, 0) is 19.9 Å². The zero-order valence-corrected chi connectivity index (χ0v) is 5.64. The number of aliphatic imine (C=N–C) groups is 1. The van der Waals surface area contributed by atoms with E-state index in [4.69, 9.17) is 0 Å². The third-order valence-corrected chi connectivity index (χ3v) is 1.19. The summed E-state index contributed by atoms with van der Waals surface area (Å²) in [6.07, 6.45) is 2.43. The Morgan fingerprint density at radius 3 is 2.67 bits per heavy atom. The molecule has 0 aliphatic carbocycles. The van der Waals surface area contributed by atoms with Crippen LogP contribution in [0.4, 0.5) is 0 Å². The molecular formula is C7H9NO. The van der Waals surface area contributed by atoms with E-state index in [1.54, 1.807) is 0 Å². The van der Waals surface area contributed by atoms with E-state index in [0.29, 0.717) is 6.42 Å². The van der Waals surface area contributed by atoms with Gasteiger partial charge in [0.25, 0.3) is 0 Å². The second kappa shape index (κ2) is 2.13. The van der Waals surface area contributed by atoms with Crippen molar-refractivity contribution in [1.82, 2.24) is 0 Å². The molecule has 0 radical (unpaired) electrons. The van der Waals surface area contributed by atoms with E-state index in [-0.39, 0.29) is 5.91 Å². The summed E-state index contributed by atoms with van der Waals surface area (Å²) >= 11 is 0. The second-order valence-corrected chi connectivity index (χ2v) is 2.31. The summed E-state index contributed by atoms with van der Waals surface area (Å²) in [7, 11) is 0. The molecule has 0 aromatic rings. The van der Waals surface area contributed by atoms with Crippen LogP contribution < -0.4 is 0 Å². The highest BCUT2D eigenvalue weighted by Crippen LogP contribution is 2.07. The Morgan fingerprint density at radius 1 is 1.56 bits per heavy atom. The molecule has 0 aromatic heterocycles. The van der Waals surface area contributed by atoms with Gasteiger partial charge in [0.15, 0.2) is 0 Å². The number of nitrogens with zero attached hydrogens (tertiary/aromatic N) is 1. The van der Waals surface area contributed by atoms with Crippen LogP contribution in [0.1, 0.15) is 20.3 Å². The van der Waals surface area contributed by atoms with Gasteiger partial charge in [0, 0.05) is 5.71 Å². The Labute approximate surface area is 54.3 Å². The zero-order valence-electron chi connectivity index (χ0n) is 5.64. The number of allylic oxidation sites excluding steroid dienone is 1. The monoisotopic (exact) mass is 123 g/mol. The standard InChI is InChI=1S/C7H9NO/c1-5-3-6(2)8-7(9)4-5/h3H,4H2,1-2H3. The van der Waals surface area contributed by atoms with Crippen molar-refractivity contribution in [2.24, 2.45) is 4.99 Å². The van der Waals surface area contributed by atoms with Gasteiger partial charge in [-0.25, -0.2) is 4.99 Å². The average molecular weight is 123 g/mol. The van der Waals surface area contributed by atoms with Crippen LogP contribution in [0.2, 0.25) is 0 Å². The van der Waals surface area contributed by atoms with E-state index < -0.39 is 0 Å². The van der Waals surface area contributed by atoms with Gasteiger partial charge in [0.1, 0.15) is 0 Å². The lowest BCUT2D eigenvalue weighted by Crippen LogP contribution is -2.04. The van der Waals surface area contributed by atoms with Crippen molar-refractivity contribution in [3.05, 3.63) is 11.6 Å². The molecule has 0 atom stereocenters. The minimum atomic E-state index is -0.0208. The maximum absolute atomic E-state index is 10.7. The largest absolute Gasteiger partial charge is 0.272 e. The van der Waals surface area contributed by atoms with Crippen molar-refractivity contribution in [2.75, 3.05) is 0 Å². The van der Waals surface area contributed by atoms with Crippen molar-refractivity contribution < 1.29 is 4.79 Å². The summed E-state index contributed by atoms with van der Waals surface area (Å²) in [6, 6.07) is 0. The first-order chi connectivity index (χ1) is 4.18. The molecular weight excluding hydrogens is 114 g/mol. The molecule has 0 aromatic carbocycles. The quantitative estimate of drug-likeness (QED) is 0.477. The van der Waals surface area contributed by atoms with Gasteiger partial charge in [0.2, 0.25) is 5.91 Å². The zero-order chi connectivity index (χ0) is 6.85. The highest BCUT2D eigenvalue weighted by Gasteiger charge is 2.05. The van der Waals surface area contributed by atoms with E-state index in [1.165, 1.54) is 0 Å². The van der Waals surface area contributed by atoms with E-state index in [2.05, 4.69) is 4.99 Å². The van der Waals surface area contributed by atoms with Gasteiger partial charge in [-0.2, -0.15) is 0 Å². The number of amides is 1. The number of hydrogen-bond acceptors (Lipinski definition) is 1. The first-order valence-corrected chi connectivity index (χ1v) is 2.94. The molecule has 9 heavy (non-hydrogen) atoms. The molecule has 0 bridgehead atoms. The molecule has 2 nitrogen and oxygen atoms in total. The van der Waals surface area contributed by atoms with Gasteiger partial charge < -0.3 is 0 Å². The van der Waals surface area contributed by atoms with Crippen LogP contribution in [-0.2, 0) is 4.79 Å². The average Bonchev–Trinajstić information content (AvgIpc) is 1.59. The van der Waals surface area contributed by atoms with Crippen LogP contribution in [0.3, 0.4) is 0 Å². The molecule has 1 heterocycles. The molecule has 0 saturated carbocycles. The van der Waals surface area contributed by atoms with Crippen molar-refractivity contribution >= 4 is 11.6 Å². The molecule has 2 heteroatoms. The minimum absolute atomic E-state index is 0.0208. The van der Waals surface area contributed by atoms with Crippen LogP contribution in [0.5, 0.6) is 0 Å². The summed E-state index contributed by atoms with van der Waals surface area (Å²) < 4.78 is 0. The summed E-state index contributed by atoms with van der Waals surface area (Å²) in [5, 5.41) is 0. The molecule has 48 valence electrons. The highest BCUT2D eigenvalue weighted by molar-refractivity contribution is 6.04. The van der Waals surface area contributed by atoms with Crippen molar-refractivity contribution in [3.63, 3.8) is 0 Å². The van der Waals surface area contributed by atoms with Gasteiger partial charge in [-0.1, -0.05) is 5.57 Å². The maximum Gasteiger partial charge on any atom is 0.249 e.